The summed E-state index contributed by atoms with van der Waals surface area (Å²) in [6.45, 7) is 0. The van der Waals surface area contributed by atoms with Gasteiger partial charge >= 0.3 is 5.97 Å². The first-order valence-electron chi connectivity index (χ1n) is 5.46. The highest BCUT2D eigenvalue weighted by Crippen LogP contribution is 2.46. The number of aliphatic carboxylic acids is 1. The van der Waals surface area contributed by atoms with Crippen LogP contribution in [0.5, 0.6) is 11.5 Å². The molecule has 1 atom stereocenters. The predicted molar refractivity (Wildman–Crippen MR) is 67.4 cm³/mol. The van der Waals surface area contributed by atoms with Gasteiger partial charge in [-0.2, -0.15) is 0 Å². The van der Waals surface area contributed by atoms with E-state index in [-0.39, 0.29) is 0 Å². The molecule has 0 spiro atoms. The quantitative estimate of drug-likeness (QED) is 0.851. The number of carboxylic acid groups (broad SMARTS) is 1. The standard InChI is InChI=1S/C14H9ClO3/c15-10-6-3-5-9-12(14(16)17)8-4-1-2-7-11(8)18-13(9)10/h1-7,12H,(H,16,17). The molecule has 3 nitrogen and oxygen atoms in total. The summed E-state index contributed by atoms with van der Waals surface area (Å²) in [5.74, 6) is -0.659. The summed E-state index contributed by atoms with van der Waals surface area (Å²) in [5.41, 5.74) is 1.24. The van der Waals surface area contributed by atoms with Gasteiger partial charge in [0.15, 0.2) is 0 Å². The summed E-state index contributed by atoms with van der Waals surface area (Å²) in [6.07, 6.45) is 0. The van der Waals surface area contributed by atoms with Crippen LogP contribution in [0.2, 0.25) is 5.02 Å². The highest BCUT2D eigenvalue weighted by Gasteiger charge is 2.33. The lowest BCUT2D eigenvalue weighted by Crippen LogP contribution is -2.18. The molecule has 2 aromatic rings. The van der Waals surface area contributed by atoms with Gasteiger partial charge in [-0.05, 0) is 12.1 Å². The molecule has 3 rings (SSSR count). The first-order chi connectivity index (χ1) is 8.68. The van der Waals surface area contributed by atoms with Crippen LogP contribution in [-0.2, 0) is 4.79 Å². The Bertz CT molecular complexity index is 637. The van der Waals surface area contributed by atoms with E-state index in [4.69, 9.17) is 16.3 Å². The molecule has 0 aliphatic carbocycles. The third-order valence-electron chi connectivity index (χ3n) is 3.00. The Labute approximate surface area is 109 Å². The molecule has 0 amide bonds. The summed E-state index contributed by atoms with van der Waals surface area (Å²) >= 11 is 6.06. The Morgan fingerprint density at radius 1 is 1.11 bits per heavy atom. The fourth-order valence-electron chi connectivity index (χ4n) is 2.22. The van der Waals surface area contributed by atoms with Gasteiger partial charge in [0.2, 0.25) is 0 Å². The third kappa shape index (κ3) is 1.56. The molecule has 1 aliphatic heterocycles. The predicted octanol–water partition coefficient (Wildman–Crippen LogP) is 3.66. The van der Waals surface area contributed by atoms with Crippen molar-refractivity contribution in [2.24, 2.45) is 0 Å². The van der Waals surface area contributed by atoms with E-state index in [0.717, 1.165) is 0 Å². The molecule has 0 radical (unpaired) electrons. The smallest absolute Gasteiger partial charge is 0.315 e. The Balaban J connectivity index is 2.27. The van der Waals surface area contributed by atoms with E-state index in [1.54, 1.807) is 42.5 Å². The van der Waals surface area contributed by atoms with Gasteiger partial charge in [-0.15, -0.1) is 0 Å². The van der Waals surface area contributed by atoms with Crippen molar-refractivity contribution in [3.63, 3.8) is 0 Å². The van der Waals surface area contributed by atoms with Gasteiger partial charge in [-0.3, -0.25) is 4.79 Å². The molecule has 1 heterocycles. The number of benzene rings is 2. The maximum Gasteiger partial charge on any atom is 0.315 e. The van der Waals surface area contributed by atoms with Gasteiger partial charge in [-0.1, -0.05) is 41.9 Å². The highest BCUT2D eigenvalue weighted by molar-refractivity contribution is 6.32. The molecule has 0 saturated carbocycles. The minimum absolute atomic E-state index is 0.424. The van der Waals surface area contributed by atoms with Crippen molar-refractivity contribution in [2.45, 2.75) is 5.92 Å². The second-order valence-electron chi connectivity index (χ2n) is 4.07. The zero-order chi connectivity index (χ0) is 12.7. The van der Waals surface area contributed by atoms with Gasteiger partial charge < -0.3 is 9.84 Å². The minimum atomic E-state index is -0.908. The Morgan fingerprint density at radius 3 is 2.61 bits per heavy atom. The Kier molecular flexibility index (Phi) is 2.49. The van der Waals surface area contributed by atoms with E-state index in [2.05, 4.69) is 0 Å². The number of halogens is 1. The zero-order valence-corrected chi connectivity index (χ0v) is 10.0. The van der Waals surface area contributed by atoms with Crippen LogP contribution in [0, 0.1) is 0 Å². The number of rotatable bonds is 1. The molecule has 0 bridgehead atoms. The number of ether oxygens (including phenoxy) is 1. The molecule has 1 N–H and O–H groups in total. The van der Waals surface area contributed by atoms with Crippen LogP contribution in [0.4, 0.5) is 0 Å². The van der Waals surface area contributed by atoms with E-state index in [0.29, 0.717) is 27.6 Å². The minimum Gasteiger partial charge on any atom is -0.481 e. The maximum atomic E-state index is 11.5. The number of hydrogen-bond donors (Lipinski definition) is 1. The van der Waals surface area contributed by atoms with Crippen LogP contribution in [0.25, 0.3) is 0 Å². The lowest BCUT2D eigenvalue weighted by atomic mass is 9.88. The van der Waals surface area contributed by atoms with Gasteiger partial charge in [0.25, 0.3) is 0 Å². The number of para-hydroxylation sites is 2. The van der Waals surface area contributed by atoms with Crippen LogP contribution in [0.1, 0.15) is 17.0 Å². The molecule has 1 aliphatic rings. The van der Waals surface area contributed by atoms with Gasteiger partial charge in [0, 0.05) is 11.1 Å². The van der Waals surface area contributed by atoms with Gasteiger partial charge in [0.05, 0.1) is 5.02 Å². The van der Waals surface area contributed by atoms with Crippen LogP contribution < -0.4 is 4.74 Å². The summed E-state index contributed by atoms with van der Waals surface area (Å²) in [7, 11) is 0. The van der Waals surface area contributed by atoms with E-state index in [1.807, 2.05) is 0 Å². The molecule has 1 unspecified atom stereocenters. The van der Waals surface area contributed by atoms with Crippen molar-refractivity contribution >= 4 is 17.6 Å². The van der Waals surface area contributed by atoms with Crippen LogP contribution in [0.15, 0.2) is 42.5 Å². The van der Waals surface area contributed by atoms with Crippen LogP contribution >= 0.6 is 11.6 Å². The summed E-state index contributed by atoms with van der Waals surface area (Å²) in [4.78, 5) is 11.5. The molecule has 4 heteroatoms. The monoisotopic (exact) mass is 260 g/mol. The van der Waals surface area contributed by atoms with Crippen molar-refractivity contribution in [1.29, 1.82) is 0 Å². The van der Waals surface area contributed by atoms with Crippen molar-refractivity contribution in [2.75, 3.05) is 0 Å². The second kappa shape index (κ2) is 4.03. The molecule has 90 valence electrons. The lowest BCUT2D eigenvalue weighted by Gasteiger charge is -2.26. The second-order valence-corrected chi connectivity index (χ2v) is 4.48. The number of hydrogen-bond acceptors (Lipinski definition) is 2. The SMILES string of the molecule is O=C(O)C1c2ccccc2Oc2c(Cl)cccc21. The highest BCUT2D eigenvalue weighted by atomic mass is 35.5. The fraction of sp³-hybridized carbons (Fsp3) is 0.0714. The van der Waals surface area contributed by atoms with Gasteiger partial charge in [-0.25, -0.2) is 0 Å². The lowest BCUT2D eigenvalue weighted by molar-refractivity contribution is -0.137. The van der Waals surface area contributed by atoms with E-state index in [1.165, 1.54) is 0 Å². The molecule has 2 aromatic carbocycles. The van der Waals surface area contributed by atoms with Crippen molar-refractivity contribution in [3.8, 4) is 11.5 Å². The Hall–Kier alpha value is -2.00. The van der Waals surface area contributed by atoms with E-state index >= 15 is 0 Å². The Morgan fingerprint density at radius 2 is 1.83 bits per heavy atom. The normalized spacial score (nSPS) is 16.4. The van der Waals surface area contributed by atoms with Crippen molar-refractivity contribution < 1.29 is 14.6 Å². The van der Waals surface area contributed by atoms with Crippen LogP contribution in [0.3, 0.4) is 0 Å². The van der Waals surface area contributed by atoms with E-state index < -0.39 is 11.9 Å². The van der Waals surface area contributed by atoms with E-state index in [9.17, 15) is 9.90 Å². The summed E-state index contributed by atoms with van der Waals surface area (Å²) in [6, 6.07) is 12.3. The molecule has 0 saturated heterocycles. The molecule has 18 heavy (non-hydrogen) atoms. The zero-order valence-electron chi connectivity index (χ0n) is 9.26. The average Bonchev–Trinajstić information content (AvgIpc) is 2.36. The van der Waals surface area contributed by atoms with Crippen molar-refractivity contribution in [3.05, 3.63) is 58.6 Å². The topological polar surface area (TPSA) is 46.5 Å². The number of carbonyl (C=O) groups is 1. The number of carboxylic acids is 1. The molecule has 0 aromatic heterocycles. The van der Waals surface area contributed by atoms with Crippen LogP contribution in [-0.4, -0.2) is 11.1 Å². The first kappa shape index (κ1) is 11.1. The van der Waals surface area contributed by atoms with Crippen molar-refractivity contribution in [1.82, 2.24) is 0 Å². The summed E-state index contributed by atoms with van der Waals surface area (Å²) < 4.78 is 5.69. The number of fused-ring (bicyclic) bond motifs is 2. The maximum absolute atomic E-state index is 11.5. The molecular formula is C14H9ClO3. The first-order valence-corrected chi connectivity index (χ1v) is 5.84. The fourth-order valence-corrected chi connectivity index (χ4v) is 2.44. The average molecular weight is 261 g/mol. The summed E-state index contributed by atoms with van der Waals surface area (Å²) in [5, 5.41) is 9.85. The molecule has 0 fully saturated rings. The third-order valence-corrected chi connectivity index (χ3v) is 3.30. The molecular weight excluding hydrogens is 252 g/mol. The largest absolute Gasteiger partial charge is 0.481 e. The van der Waals surface area contributed by atoms with Gasteiger partial charge in [0.1, 0.15) is 17.4 Å².